The molecule has 0 saturated carbocycles. The van der Waals surface area contributed by atoms with Gasteiger partial charge in [0.05, 0.1) is 5.92 Å². The molecule has 0 spiro atoms. The Morgan fingerprint density at radius 1 is 1.23 bits per heavy atom. The number of nitrogens with zero attached hydrogens (tertiary/aromatic N) is 3. The third kappa shape index (κ3) is 5.96. The van der Waals surface area contributed by atoms with Gasteiger partial charge in [-0.2, -0.15) is 0 Å². The Labute approximate surface area is 185 Å². The number of nitrogens with one attached hydrogen (secondary N) is 2. The summed E-state index contributed by atoms with van der Waals surface area (Å²) in [5.41, 5.74) is 7.86. The molecule has 1 fully saturated rings. The van der Waals surface area contributed by atoms with E-state index in [1.807, 2.05) is 12.1 Å². The largest absolute Gasteiger partial charge is 0.369 e. The standard InChI is InChI=1S/C24H34N6O/c1-24(2,20-11-5-4-6-12-20)17-29-23(26-3)28-15-18-9-7-13-27-22(18)30-14-8-10-19(16-30)21(25)31/h4-7,9,11-13,19H,8,10,14-17H2,1-3H3,(H2,25,31)(H2,26,28,29). The maximum absolute atomic E-state index is 11.7. The van der Waals surface area contributed by atoms with Crippen molar-refractivity contribution in [1.82, 2.24) is 15.6 Å². The van der Waals surface area contributed by atoms with Crippen molar-refractivity contribution in [2.45, 2.75) is 38.6 Å². The molecule has 2 aromatic rings. The quantitative estimate of drug-likeness (QED) is 0.470. The van der Waals surface area contributed by atoms with Crippen LogP contribution in [0.3, 0.4) is 0 Å². The second-order valence-corrected chi connectivity index (χ2v) is 8.70. The van der Waals surface area contributed by atoms with Gasteiger partial charge in [0.25, 0.3) is 0 Å². The molecule has 1 aliphatic heterocycles. The Hall–Kier alpha value is -3.09. The number of hydrogen-bond acceptors (Lipinski definition) is 4. The number of rotatable bonds is 7. The van der Waals surface area contributed by atoms with Gasteiger partial charge in [0.15, 0.2) is 5.96 Å². The number of primary amides is 1. The van der Waals surface area contributed by atoms with E-state index in [0.717, 1.165) is 43.3 Å². The van der Waals surface area contributed by atoms with E-state index in [2.05, 4.69) is 69.7 Å². The molecular formula is C24H34N6O. The number of aliphatic imine (C=N–C) groups is 1. The van der Waals surface area contributed by atoms with Crippen molar-refractivity contribution in [2.24, 2.45) is 16.6 Å². The molecular weight excluding hydrogens is 388 g/mol. The predicted molar refractivity (Wildman–Crippen MR) is 126 cm³/mol. The molecule has 1 aromatic carbocycles. The number of carbonyl (C=O) groups is 1. The summed E-state index contributed by atoms with van der Waals surface area (Å²) >= 11 is 0. The van der Waals surface area contributed by atoms with Crippen molar-refractivity contribution in [3.63, 3.8) is 0 Å². The molecule has 7 nitrogen and oxygen atoms in total. The van der Waals surface area contributed by atoms with Gasteiger partial charge in [0.1, 0.15) is 5.82 Å². The third-order valence-corrected chi connectivity index (χ3v) is 5.91. The first-order chi connectivity index (χ1) is 14.9. The van der Waals surface area contributed by atoms with Crippen molar-refractivity contribution in [3.05, 3.63) is 59.8 Å². The van der Waals surface area contributed by atoms with E-state index in [1.165, 1.54) is 5.56 Å². The van der Waals surface area contributed by atoms with Gasteiger partial charge < -0.3 is 21.3 Å². The lowest BCUT2D eigenvalue weighted by Crippen LogP contribution is -2.44. The normalized spacial score (nSPS) is 17.3. The number of anilines is 1. The van der Waals surface area contributed by atoms with Gasteiger partial charge in [-0.15, -0.1) is 0 Å². The fraction of sp³-hybridized carbons (Fsp3) is 0.458. The maximum atomic E-state index is 11.7. The van der Waals surface area contributed by atoms with E-state index in [1.54, 1.807) is 13.2 Å². The number of nitrogens with two attached hydrogens (primary N) is 1. The zero-order valence-electron chi connectivity index (χ0n) is 18.8. The maximum Gasteiger partial charge on any atom is 0.222 e. The van der Waals surface area contributed by atoms with Crippen LogP contribution in [-0.2, 0) is 16.8 Å². The SMILES string of the molecule is CN=C(NCc1cccnc1N1CCCC(C(N)=O)C1)NCC(C)(C)c1ccccc1. The molecule has 1 unspecified atom stereocenters. The first kappa shape index (κ1) is 22.6. The summed E-state index contributed by atoms with van der Waals surface area (Å²) in [7, 11) is 1.77. The molecule has 2 heterocycles. The van der Waals surface area contributed by atoms with Gasteiger partial charge >= 0.3 is 0 Å². The average Bonchev–Trinajstić information content (AvgIpc) is 2.80. The van der Waals surface area contributed by atoms with Crippen LogP contribution in [0.2, 0.25) is 0 Å². The smallest absolute Gasteiger partial charge is 0.222 e. The molecule has 1 aliphatic rings. The van der Waals surface area contributed by atoms with Crippen LogP contribution in [-0.4, -0.2) is 43.5 Å². The monoisotopic (exact) mass is 422 g/mol. The Morgan fingerprint density at radius 2 is 2.00 bits per heavy atom. The second kappa shape index (κ2) is 10.3. The van der Waals surface area contributed by atoms with E-state index in [4.69, 9.17) is 5.73 Å². The number of piperidine rings is 1. The van der Waals surface area contributed by atoms with E-state index < -0.39 is 0 Å². The van der Waals surface area contributed by atoms with Gasteiger partial charge in [0.2, 0.25) is 5.91 Å². The lowest BCUT2D eigenvalue weighted by molar-refractivity contribution is -0.122. The van der Waals surface area contributed by atoms with Crippen molar-refractivity contribution < 1.29 is 4.79 Å². The number of hydrogen-bond donors (Lipinski definition) is 3. The van der Waals surface area contributed by atoms with Gasteiger partial charge in [-0.25, -0.2) is 4.98 Å². The molecule has 1 atom stereocenters. The highest BCUT2D eigenvalue weighted by atomic mass is 16.1. The summed E-state index contributed by atoms with van der Waals surface area (Å²) in [5.74, 6) is 1.30. The van der Waals surface area contributed by atoms with Crippen LogP contribution in [0, 0.1) is 5.92 Å². The molecule has 166 valence electrons. The molecule has 4 N–H and O–H groups in total. The second-order valence-electron chi connectivity index (χ2n) is 8.70. The summed E-state index contributed by atoms with van der Waals surface area (Å²) in [5, 5.41) is 6.85. The molecule has 3 rings (SSSR count). The summed E-state index contributed by atoms with van der Waals surface area (Å²) in [6.07, 6.45) is 3.58. The van der Waals surface area contributed by atoms with Gasteiger partial charge in [-0.05, 0) is 24.5 Å². The van der Waals surface area contributed by atoms with Gasteiger partial charge in [-0.1, -0.05) is 50.2 Å². The number of guanidine groups is 1. The zero-order chi connectivity index (χ0) is 22.3. The fourth-order valence-corrected chi connectivity index (χ4v) is 3.95. The van der Waals surface area contributed by atoms with Crippen molar-refractivity contribution in [3.8, 4) is 0 Å². The van der Waals surface area contributed by atoms with Crippen molar-refractivity contribution >= 4 is 17.7 Å². The average molecular weight is 423 g/mol. The summed E-state index contributed by atoms with van der Waals surface area (Å²) in [6.45, 7) is 7.28. The molecule has 0 aliphatic carbocycles. The summed E-state index contributed by atoms with van der Waals surface area (Å²) in [4.78, 5) is 22.8. The first-order valence-electron chi connectivity index (χ1n) is 10.9. The van der Waals surface area contributed by atoms with Crippen LogP contribution in [0.5, 0.6) is 0 Å². The van der Waals surface area contributed by atoms with E-state index in [9.17, 15) is 4.79 Å². The lowest BCUT2D eigenvalue weighted by Gasteiger charge is -2.33. The van der Waals surface area contributed by atoms with Crippen LogP contribution in [0.25, 0.3) is 0 Å². The van der Waals surface area contributed by atoms with E-state index in [-0.39, 0.29) is 17.2 Å². The number of aromatic nitrogens is 1. The fourth-order valence-electron chi connectivity index (χ4n) is 3.95. The van der Waals surface area contributed by atoms with Crippen LogP contribution in [0.4, 0.5) is 5.82 Å². The van der Waals surface area contributed by atoms with Crippen LogP contribution < -0.4 is 21.3 Å². The van der Waals surface area contributed by atoms with Crippen molar-refractivity contribution in [2.75, 3.05) is 31.6 Å². The molecule has 1 aromatic heterocycles. The van der Waals surface area contributed by atoms with Crippen LogP contribution in [0.1, 0.15) is 37.8 Å². The molecule has 1 saturated heterocycles. The third-order valence-electron chi connectivity index (χ3n) is 5.91. The minimum absolute atomic E-state index is 0.0318. The summed E-state index contributed by atoms with van der Waals surface area (Å²) in [6, 6.07) is 14.5. The lowest BCUT2D eigenvalue weighted by atomic mass is 9.85. The highest BCUT2D eigenvalue weighted by Gasteiger charge is 2.26. The Balaban J connectivity index is 1.62. The summed E-state index contributed by atoms with van der Waals surface area (Å²) < 4.78 is 0. The number of pyridine rings is 1. The topological polar surface area (TPSA) is 95.6 Å². The highest BCUT2D eigenvalue weighted by Crippen LogP contribution is 2.24. The highest BCUT2D eigenvalue weighted by molar-refractivity contribution is 5.80. The molecule has 7 heteroatoms. The first-order valence-corrected chi connectivity index (χ1v) is 10.9. The molecule has 0 bridgehead atoms. The van der Waals surface area contributed by atoms with Crippen molar-refractivity contribution in [1.29, 1.82) is 0 Å². The van der Waals surface area contributed by atoms with Crippen LogP contribution >= 0.6 is 0 Å². The van der Waals surface area contributed by atoms with E-state index >= 15 is 0 Å². The Kier molecular flexibility index (Phi) is 7.50. The Bertz CT molecular complexity index is 896. The van der Waals surface area contributed by atoms with Gasteiger partial charge in [-0.3, -0.25) is 9.79 Å². The molecule has 31 heavy (non-hydrogen) atoms. The predicted octanol–water partition coefficient (Wildman–Crippen LogP) is 2.43. The minimum atomic E-state index is -0.231. The number of benzene rings is 1. The van der Waals surface area contributed by atoms with Crippen LogP contribution in [0.15, 0.2) is 53.7 Å². The molecule has 0 radical (unpaired) electrons. The number of amides is 1. The van der Waals surface area contributed by atoms with E-state index in [0.29, 0.717) is 13.1 Å². The molecule has 1 amide bonds. The zero-order valence-corrected chi connectivity index (χ0v) is 18.8. The van der Waals surface area contributed by atoms with Gasteiger partial charge in [0, 0.05) is 50.4 Å². The Morgan fingerprint density at radius 3 is 2.71 bits per heavy atom. The minimum Gasteiger partial charge on any atom is -0.369 e. The number of carbonyl (C=O) groups excluding carboxylic acids is 1.